The SMILES string of the molecule is O=c1cc(-c2ccc3c(n2)CNCC3)cc[nH]1. The third-order valence-electron chi connectivity index (χ3n) is 3.00. The largest absolute Gasteiger partial charge is 0.329 e. The second-order valence-corrected chi connectivity index (χ2v) is 4.17. The van der Waals surface area contributed by atoms with E-state index < -0.39 is 0 Å². The zero-order valence-electron chi connectivity index (χ0n) is 9.36. The number of H-pyrrole nitrogens is 1. The lowest BCUT2D eigenvalue weighted by atomic mass is 10.0. The van der Waals surface area contributed by atoms with Crippen LogP contribution in [0, 0.1) is 0 Å². The van der Waals surface area contributed by atoms with E-state index in [1.165, 1.54) is 5.56 Å². The molecular weight excluding hydrogens is 214 g/mol. The van der Waals surface area contributed by atoms with Crippen LogP contribution in [-0.2, 0) is 13.0 Å². The summed E-state index contributed by atoms with van der Waals surface area (Å²) in [5.74, 6) is 0. The van der Waals surface area contributed by atoms with Gasteiger partial charge in [0.1, 0.15) is 0 Å². The van der Waals surface area contributed by atoms with Crippen molar-refractivity contribution >= 4 is 0 Å². The maximum absolute atomic E-state index is 11.3. The third kappa shape index (κ3) is 1.99. The summed E-state index contributed by atoms with van der Waals surface area (Å²) in [6.07, 6.45) is 2.68. The van der Waals surface area contributed by atoms with E-state index in [1.807, 2.05) is 12.1 Å². The molecule has 0 radical (unpaired) electrons. The molecule has 3 heterocycles. The molecule has 1 aliphatic rings. The Bertz CT molecular complexity index is 604. The molecule has 0 saturated heterocycles. The zero-order valence-corrected chi connectivity index (χ0v) is 9.36. The van der Waals surface area contributed by atoms with Crippen LogP contribution in [0.5, 0.6) is 0 Å². The highest BCUT2D eigenvalue weighted by Crippen LogP contribution is 2.19. The molecule has 1 aliphatic heterocycles. The second kappa shape index (κ2) is 4.14. The van der Waals surface area contributed by atoms with E-state index in [1.54, 1.807) is 12.3 Å². The smallest absolute Gasteiger partial charge is 0.248 e. The normalized spacial score (nSPS) is 14.4. The Morgan fingerprint density at radius 1 is 1.24 bits per heavy atom. The van der Waals surface area contributed by atoms with Crippen molar-refractivity contribution in [3.8, 4) is 11.3 Å². The quantitative estimate of drug-likeness (QED) is 0.766. The van der Waals surface area contributed by atoms with E-state index in [4.69, 9.17) is 0 Å². The number of fused-ring (bicyclic) bond motifs is 1. The molecule has 0 fully saturated rings. The highest BCUT2D eigenvalue weighted by atomic mass is 16.1. The molecule has 86 valence electrons. The molecule has 0 saturated carbocycles. The van der Waals surface area contributed by atoms with Gasteiger partial charge in [-0.25, -0.2) is 0 Å². The van der Waals surface area contributed by atoms with Crippen molar-refractivity contribution in [1.82, 2.24) is 15.3 Å². The van der Waals surface area contributed by atoms with Crippen LogP contribution in [0.25, 0.3) is 11.3 Å². The fourth-order valence-electron chi connectivity index (χ4n) is 2.11. The van der Waals surface area contributed by atoms with Gasteiger partial charge in [-0.1, -0.05) is 6.07 Å². The summed E-state index contributed by atoms with van der Waals surface area (Å²) in [6, 6.07) is 7.54. The van der Waals surface area contributed by atoms with Crippen LogP contribution in [0.1, 0.15) is 11.3 Å². The van der Waals surface area contributed by atoms with Crippen molar-refractivity contribution < 1.29 is 0 Å². The molecule has 0 aliphatic carbocycles. The standard InChI is InChI=1S/C13H13N3O/c17-13-7-10(4-6-15-13)11-2-1-9-3-5-14-8-12(9)16-11/h1-2,4,6-7,14H,3,5,8H2,(H,15,17). The lowest BCUT2D eigenvalue weighted by molar-refractivity contribution is 0.628. The van der Waals surface area contributed by atoms with Crippen LogP contribution in [0.3, 0.4) is 0 Å². The number of nitrogens with zero attached hydrogens (tertiary/aromatic N) is 1. The number of aromatic nitrogens is 2. The van der Waals surface area contributed by atoms with Gasteiger partial charge in [0.25, 0.3) is 0 Å². The molecule has 3 rings (SSSR count). The van der Waals surface area contributed by atoms with Gasteiger partial charge in [0.05, 0.1) is 11.4 Å². The Morgan fingerprint density at radius 3 is 3.06 bits per heavy atom. The fourth-order valence-corrected chi connectivity index (χ4v) is 2.11. The molecule has 4 nitrogen and oxygen atoms in total. The number of nitrogens with one attached hydrogen (secondary N) is 2. The summed E-state index contributed by atoms with van der Waals surface area (Å²) in [6.45, 7) is 1.82. The minimum absolute atomic E-state index is 0.0971. The maximum atomic E-state index is 11.3. The van der Waals surface area contributed by atoms with E-state index in [-0.39, 0.29) is 5.56 Å². The van der Waals surface area contributed by atoms with Crippen LogP contribution in [0.2, 0.25) is 0 Å². The van der Waals surface area contributed by atoms with Gasteiger partial charge in [-0.2, -0.15) is 0 Å². The molecule has 4 heteroatoms. The van der Waals surface area contributed by atoms with Crippen molar-refractivity contribution in [2.45, 2.75) is 13.0 Å². The minimum atomic E-state index is -0.0971. The molecular formula is C13H13N3O. The zero-order chi connectivity index (χ0) is 11.7. The van der Waals surface area contributed by atoms with E-state index in [2.05, 4.69) is 21.4 Å². The summed E-state index contributed by atoms with van der Waals surface area (Å²) in [5.41, 5.74) is 4.02. The second-order valence-electron chi connectivity index (χ2n) is 4.17. The topological polar surface area (TPSA) is 57.8 Å². The average molecular weight is 227 g/mol. The highest BCUT2D eigenvalue weighted by molar-refractivity contribution is 5.58. The van der Waals surface area contributed by atoms with Crippen molar-refractivity contribution in [1.29, 1.82) is 0 Å². The first-order valence-corrected chi connectivity index (χ1v) is 5.71. The van der Waals surface area contributed by atoms with Crippen LogP contribution in [0.15, 0.2) is 35.3 Å². The third-order valence-corrected chi connectivity index (χ3v) is 3.00. The van der Waals surface area contributed by atoms with Gasteiger partial charge in [0, 0.05) is 24.4 Å². The summed E-state index contributed by atoms with van der Waals surface area (Å²) in [7, 11) is 0. The number of pyridine rings is 2. The summed E-state index contributed by atoms with van der Waals surface area (Å²) in [4.78, 5) is 18.5. The van der Waals surface area contributed by atoms with Crippen LogP contribution >= 0.6 is 0 Å². The molecule has 0 unspecified atom stereocenters. The maximum Gasteiger partial charge on any atom is 0.248 e. The Hall–Kier alpha value is -1.94. The molecule has 17 heavy (non-hydrogen) atoms. The molecule has 0 aromatic carbocycles. The monoisotopic (exact) mass is 227 g/mol. The Balaban J connectivity index is 2.07. The van der Waals surface area contributed by atoms with Gasteiger partial charge in [-0.05, 0) is 30.7 Å². The van der Waals surface area contributed by atoms with Crippen molar-refractivity contribution in [3.05, 3.63) is 52.1 Å². The fraction of sp³-hybridized carbons (Fsp3) is 0.231. The molecule has 0 amide bonds. The van der Waals surface area contributed by atoms with Gasteiger partial charge in [0.2, 0.25) is 5.56 Å². The predicted molar refractivity (Wildman–Crippen MR) is 65.7 cm³/mol. The van der Waals surface area contributed by atoms with Gasteiger partial charge in [-0.3, -0.25) is 9.78 Å². The van der Waals surface area contributed by atoms with E-state index in [9.17, 15) is 4.79 Å². The molecule has 0 spiro atoms. The van der Waals surface area contributed by atoms with Gasteiger partial charge in [0.15, 0.2) is 0 Å². The van der Waals surface area contributed by atoms with Crippen LogP contribution < -0.4 is 10.9 Å². The summed E-state index contributed by atoms with van der Waals surface area (Å²) < 4.78 is 0. The van der Waals surface area contributed by atoms with Gasteiger partial charge in [-0.15, -0.1) is 0 Å². The number of rotatable bonds is 1. The first kappa shape index (κ1) is 10.2. The lowest BCUT2D eigenvalue weighted by Crippen LogP contribution is -2.24. The number of aromatic amines is 1. The average Bonchev–Trinajstić information content (AvgIpc) is 2.38. The molecule has 2 N–H and O–H groups in total. The number of hydrogen-bond acceptors (Lipinski definition) is 3. The van der Waals surface area contributed by atoms with E-state index >= 15 is 0 Å². The lowest BCUT2D eigenvalue weighted by Gasteiger charge is -2.16. The first-order chi connectivity index (χ1) is 8.33. The van der Waals surface area contributed by atoms with Crippen LogP contribution in [-0.4, -0.2) is 16.5 Å². The number of hydrogen-bond donors (Lipinski definition) is 2. The highest BCUT2D eigenvalue weighted by Gasteiger charge is 2.11. The van der Waals surface area contributed by atoms with Crippen molar-refractivity contribution in [2.75, 3.05) is 6.54 Å². The van der Waals surface area contributed by atoms with Gasteiger partial charge < -0.3 is 10.3 Å². The Labute approximate surface area is 98.7 Å². The van der Waals surface area contributed by atoms with E-state index in [0.717, 1.165) is 36.5 Å². The minimum Gasteiger partial charge on any atom is -0.329 e. The van der Waals surface area contributed by atoms with Crippen molar-refractivity contribution in [2.24, 2.45) is 0 Å². The van der Waals surface area contributed by atoms with Gasteiger partial charge >= 0.3 is 0 Å². The first-order valence-electron chi connectivity index (χ1n) is 5.71. The summed E-state index contributed by atoms with van der Waals surface area (Å²) in [5, 5.41) is 3.30. The Morgan fingerprint density at radius 2 is 2.18 bits per heavy atom. The summed E-state index contributed by atoms with van der Waals surface area (Å²) >= 11 is 0. The van der Waals surface area contributed by atoms with E-state index in [0.29, 0.717) is 0 Å². The van der Waals surface area contributed by atoms with Crippen LogP contribution in [0.4, 0.5) is 0 Å². The molecule has 0 bridgehead atoms. The molecule has 2 aromatic rings. The van der Waals surface area contributed by atoms with Crippen molar-refractivity contribution in [3.63, 3.8) is 0 Å². The molecule has 2 aromatic heterocycles. The Kier molecular flexibility index (Phi) is 2.49. The predicted octanol–water partition coefficient (Wildman–Crippen LogP) is 1.08. The molecule has 0 atom stereocenters.